The van der Waals surface area contributed by atoms with Crippen LogP contribution in [-0.4, -0.2) is 25.7 Å². The van der Waals surface area contributed by atoms with E-state index in [2.05, 4.69) is 31.8 Å². The Bertz CT molecular complexity index is 363. The third kappa shape index (κ3) is 6.07. The van der Waals surface area contributed by atoms with Crippen LogP contribution >= 0.6 is 12.6 Å². The summed E-state index contributed by atoms with van der Waals surface area (Å²) in [6, 6.07) is 7.16. The molecule has 0 unspecified atom stereocenters. The third-order valence-corrected chi connectivity index (χ3v) is 2.63. The van der Waals surface area contributed by atoms with Crippen molar-refractivity contribution in [3.05, 3.63) is 29.8 Å². The van der Waals surface area contributed by atoms with Crippen molar-refractivity contribution in [2.24, 2.45) is 5.92 Å². The van der Waals surface area contributed by atoms with Crippen LogP contribution in [-0.2, 0) is 4.74 Å². The highest BCUT2D eigenvalue weighted by atomic mass is 32.1. The van der Waals surface area contributed by atoms with Gasteiger partial charge in [-0.15, -0.1) is 12.6 Å². The zero-order valence-electron chi connectivity index (χ0n) is 11.0. The summed E-state index contributed by atoms with van der Waals surface area (Å²) in [6.45, 7) is 6.34. The predicted octanol–water partition coefficient (Wildman–Crippen LogP) is 2.77. The van der Waals surface area contributed by atoms with Crippen LogP contribution in [0.25, 0.3) is 0 Å². The van der Waals surface area contributed by atoms with Crippen LogP contribution in [0.1, 0.15) is 30.6 Å². The summed E-state index contributed by atoms with van der Waals surface area (Å²) in [5.41, 5.74) is 0.663. The summed E-state index contributed by atoms with van der Waals surface area (Å²) < 4.78 is 5.44. The molecule has 18 heavy (non-hydrogen) atoms. The van der Waals surface area contributed by atoms with E-state index in [4.69, 9.17) is 4.74 Å². The van der Waals surface area contributed by atoms with Gasteiger partial charge in [0, 0.05) is 30.2 Å². The molecule has 0 atom stereocenters. The number of rotatable bonds is 7. The number of amides is 1. The van der Waals surface area contributed by atoms with Crippen LogP contribution in [0.15, 0.2) is 29.2 Å². The molecule has 1 aromatic carbocycles. The van der Waals surface area contributed by atoms with Crippen LogP contribution in [0.2, 0.25) is 0 Å². The molecule has 0 spiro atoms. The number of ether oxygens (including phenoxy) is 1. The molecule has 4 heteroatoms. The molecule has 1 N–H and O–H groups in total. The van der Waals surface area contributed by atoms with Gasteiger partial charge in [-0.3, -0.25) is 4.79 Å². The van der Waals surface area contributed by atoms with Crippen molar-refractivity contribution in [1.29, 1.82) is 0 Å². The smallest absolute Gasteiger partial charge is 0.251 e. The van der Waals surface area contributed by atoms with E-state index in [1.54, 1.807) is 12.1 Å². The SMILES string of the molecule is CC(C)COCCCNC(=O)c1ccc(S)cc1. The van der Waals surface area contributed by atoms with Crippen molar-refractivity contribution in [2.45, 2.75) is 25.2 Å². The molecule has 3 nitrogen and oxygen atoms in total. The summed E-state index contributed by atoms with van der Waals surface area (Å²) >= 11 is 4.18. The Morgan fingerprint density at radius 2 is 2.00 bits per heavy atom. The molecule has 100 valence electrons. The monoisotopic (exact) mass is 267 g/mol. The number of nitrogens with one attached hydrogen (secondary N) is 1. The van der Waals surface area contributed by atoms with Crippen LogP contribution in [0.5, 0.6) is 0 Å². The lowest BCUT2D eigenvalue weighted by atomic mass is 10.2. The average molecular weight is 267 g/mol. The van der Waals surface area contributed by atoms with Crippen molar-refractivity contribution >= 4 is 18.5 Å². The number of carbonyl (C=O) groups excluding carboxylic acids is 1. The van der Waals surface area contributed by atoms with Crippen molar-refractivity contribution in [3.63, 3.8) is 0 Å². The van der Waals surface area contributed by atoms with Crippen molar-refractivity contribution in [2.75, 3.05) is 19.8 Å². The van der Waals surface area contributed by atoms with E-state index in [0.717, 1.165) is 17.9 Å². The maximum Gasteiger partial charge on any atom is 0.251 e. The summed E-state index contributed by atoms with van der Waals surface area (Å²) in [5.74, 6) is 0.506. The molecule has 0 aromatic heterocycles. The van der Waals surface area contributed by atoms with Gasteiger partial charge < -0.3 is 10.1 Å². The summed E-state index contributed by atoms with van der Waals surface area (Å²) in [7, 11) is 0. The largest absolute Gasteiger partial charge is 0.381 e. The highest BCUT2D eigenvalue weighted by Gasteiger charge is 2.03. The maximum atomic E-state index is 11.7. The first-order valence-electron chi connectivity index (χ1n) is 6.24. The minimum absolute atomic E-state index is 0.0489. The Morgan fingerprint density at radius 3 is 2.61 bits per heavy atom. The van der Waals surface area contributed by atoms with Gasteiger partial charge in [0.2, 0.25) is 0 Å². The molecule has 1 amide bonds. The van der Waals surface area contributed by atoms with Gasteiger partial charge in [-0.1, -0.05) is 13.8 Å². The van der Waals surface area contributed by atoms with Gasteiger partial charge in [-0.25, -0.2) is 0 Å². The third-order valence-electron chi connectivity index (χ3n) is 2.33. The van der Waals surface area contributed by atoms with Crippen LogP contribution in [0.4, 0.5) is 0 Å². The minimum Gasteiger partial charge on any atom is -0.381 e. The van der Waals surface area contributed by atoms with Gasteiger partial charge in [0.25, 0.3) is 5.91 Å². The summed E-state index contributed by atoms with van der Waals surface area (Å²) in [4.78, 5) is 12.6. The van der Waals surface area contributed by atoms with E-state index in [1.165, 1.54) is 0 Å². The zero-order valence-corrected chi connectivity index (χ0v) is 11.9. The second kappa shape index (κ2) is 8.16. The Labute approximate surface area is 114 Å². The lowest BCUT2D eigenvalue weighted by molar-refractivity contribution is 0.0925. The first kappa shape index (κ1) is 15.1. The maximum absolute atomic E-state index is 11.7. The Hall–Kier alpha value is -1.00. The van der Waals surface area contributed by atoms with E-state index in [-0.39, 0.29) is 5.91 Å². The zero-order chi connectivity index (χ0) is 13.4. The lowest BCUT2D eigenvalue weighted by Gasteiger charge is -2.08. The number of hydrogen-bond donors (Lipinski definition) is 2. The fraction of sp³-hybridized carbons (Fsp3) is 0.500. The number of thiol groups is 1. The van der Waals surface area contributed by atoms with E-state index in [9.17, 15) is 4.79 Å². The standard InChI is InChI=1S/C14H21NO2S/c1-11(2)10-17-9-3-8-15-14(16)12-4-6-13(18)7-5-12/h4-7,11,18H,3,8-10H2,1-2H3,(H,15,16). The quantitative estimate of drug-likeness (QED) is 0.589. The van der Waals surface area contributed by atoms with Crippen molar-refractivity contribution < 1.29 is 9.53 Å². The summed E-state index contributed by atoms with van der Waals surface area (Å²) in [6.07, 6.45) is 0.836. The molecule has 0 saturated carbocycles. The fourth-order valence-electron chi connectivity index (χ4n) is 1.41. The molecule has 0 saturated heterocycles. The van der Waals surface area contributed by atoms with Crippen LogP contribution in [0, 0.1) is 5.92 Å². The topological polar surface area (TPSA) is 38.3 Å². The average Bonchev–Trinajstić information content (AvgIpc) is 2.34. The predicted molar refractivity (Wildman–Crippen MR) is 76.3 cm³/mol. The number of hydrogen-bond acceptors (Lipinski definition) is 3. The highest BCUT2D eigenvalue weighted by Crippen LogP contribution is 2.07. The van der Waals surface area contributed by atoms with Crippen molar-refractivity contribution in [3.8, 4) is 0 Å². The lowest BCUT2D eigenvalue weighted by Crippen LogP contribution is -2.25. The first-order chi connectivity index (χ1) is 8.59. The molecule has 0 radical (unpaired) electrons. The molecule has 0 fully saturated rings. The molecular weight excluding hydrogens is 246 g/mol. The van der Waals surface area contributed by atoms with Crippen LogP contribution < -0.4 is 5.32 Å². The minimum atomic E-state index is -0.0489. The Balaban J connectivity index is 2.16. The number of carbonyl (C=O) groups is 1. The highest BCUT2D eigenvalue weighted by molar-refractivity contribution is 7.80. The molecule has 0 aliphatic rings. The van der Waals surface area contributed by atoms with Gasteiger partial charge in [-0.05, 0) is 36.6 Å². The molecule has 0 aliphatic heterocycles. The van der Waals surface area contributed by atoms with Gasteiger partial charge >= 0.3 is 0 Å². The Morgan fingerprint density at radius 1 is 1.33 bits per heavy atom. The number of benzene rings is 1. The molecule has 1 aromatic rings. The second-order valence-electron chi connectivity index (χ2n) is 4.63. The first-order valence-corrected chi connectivity index (χ1v) is 6.69. The Kier molecular flexibility index (Phi) is 6.83. The van der Waals surface area contributed by atoms with E-state index < -0.39 is 0 Å². The van der Waals surface area contributed by atoms with E-state index in [0.29, 0.717) is 24.6 Å². The van der Waals surface area contributed by atoms with E-state index in [1.807, 2.05) is 12.1 Å². The molecule has 0 aliphatic carbocycles. The molecule has 1 rings (SSSR count). The van der Waals surface area contributed by atoms with E-state index >= 15 is 0 Å². The molecule has 0 bridgehead atoms. The van der Waals surface area contributed by atoms with Gasteiger partial charge in [0.1, 0.15) is 0 Å². The fourth-order valence-corrected chi connectivity index (χ4v) is 1.56. The molecule has 0 heterocycles. The summed E-state index contributed by atoms with van der Waals surface area (Å²) in [5, 5.41) is 2.86. The van der Waals surface area contributed by atoms with Crippen LogP contribution in [0.3, 0.4) is 0 Å². The van der Waals surface area contributed by atoms with Gasteiger partial charge in [0.05, 0.1) is 0 Å². The van der Waals surface area contributed by atoms with Gasteiger partial charge in [0.15, 0.2) is 0 Å². The van der Waals surface area contributed by atoms with Crippen molar-refractivity contribution in [1.82, 2.24) is 5.32 Å². The second-order valence-corrected chi connectivity index (χ2v) is 5.14. The van der Waals surface area contributed by atoms with Gasteiger partial charge in [-0.2, -0.15) is 0 Å². The normalized spacial score (nSPS) is 10.7. The molecular formula is C14H21NO2S.